The quantitative estimate of drug-likeness (QED) is 0.815. The van der Waals surface area contributed by atoms with Crippen molar-refractivity contribution in [2.45, 2.75) is 18.6 Å². The van der Waals surface area contributed by atoms with Crippen LogP contribution in [0.15, 0.2) is 42.5 Å². The van der Waals surface area contributed by atoms with Gasteiger partial charge >= 0.3 is 6.18 Å². The van der Waals surface area contributed by atoms with Gasteiger partial charge in [-0.2, -0.15) is 13.2 Å². The molecule has 0 aliphatic heterocycles. The molecule has 0 radical (unpaired) electrons. The van der Waals surface area contributed by atoms with Crippen molar-refractivity contribution in [3.8, 4) is 0 Å². The Labute approximate surface area is 130 Å². The first-order valence-corrected chi connectivity index (χ1v) is 6.90. The van der Waals surface area contributed by atoms with Gasteiger partial charge in [0.2, 0.25) is 0 Å². The lowest BCUT2D eigenvalue weighted by atomic mass is 9.98. The molecule has 0 heterocycles. The third kappa shape index (κ3) is 3.90. The molecule has 112 valence electrons. The number of nitrogens with two attached hydrogens (primary N) is 1. The highest BCUT2D eigenvalue weighted by Gasteiger charge is 2.30. The summed E-state index contributed by atoms with van der Waals surface area (Å²) in [5, 5.41) is 0.898. The summed E-state index contributed by atoms with van der Waals surface area (Å²) < 4.78 is 38.1. The summed E-state index contributed by atoms with van der Waals surface area (Å²) in [7, 11) is 0. The normalized spacial score (nSPS) is 13.2. The van der Waals surface area contributed by atoms with E-state index in [-0.39, 0.29) is 6.42 Å². The summed E-state index contributed by atoms with van der Waals surface area (Å²) in [4.78, 5) is 0. The maximum atomic E-state index is 12.7. The zero-order valence-electron chi connectivity index (χ0n) is 10.8. The van der Waals surface area contributed by atoms with Crippen LogP contribution in [0.2, 0.25) is 10.0 Å². The Hall–Kier alpha value is -1.23. The van der Waals surface area contributed by atoms with E-state index in [1.807, 2.05) is 0 Å². The molecular weight excluding hydrogens is 322 g/mol. The van der Waals surface area contributed by atoms with Crippen LogP contribution in [0.4, 0.5) is 13.2 Å². The largest absolute Gasteiger partial charge is 0.416 e. The molecule has 0 aromatic heterocycles. The van der Waals surface area contributed by atoms with Crippen LogP contribution in [0.1, 0.15) is 22.7 Å². The lowest BCUT2D eigenvalue weighted by Crippen LogP contribution is -2.15. The fourth-order valence-electron chi connectivity index (χ4n) is 2.01. The van der Waals surface area contributed by atoms with Crippen LogP contribution in [0, 0.1) is 0 Å². The highest BCUT2D eigenvalue weighted by atomic mass is 35.5. The molecule has 0 fully saturated rings. The Kier molecular flexibility index (Phi) is 4.81. The van der Waals surface area contributed by atoms with Gasteiger partial charge in [0.1, 0.15) is 0 Å². The van der Waals surface area contributed by atoms with Gasteiger partial charge in [-0.05, 0) is 41.8 Å². The number of hydrogen-bond acceptors (Lipinski definition) is 1. The van der Waals surface area contributed by atoms with Crippen LogP contribution in [-0.4, -0.2) is 0 Å². The van der Waals surface area contributed by atoms with E-state index < -0.39 is 17.8 Å². The van der Waals surface area contributed by atoms with E-state index in [2.05, 4.69) is 0 Å². The summed E-state index contributed by atoms with van der Waals surface area (Å²) in [5.74, 6) is 0. The number of alkyl halides is 3. The molecule has 1 unspecified atom stereocenters. The highest BCUT2D eigenvalue weighted by Crippen LogP contribution is 2.32. The third-order valence-electron chi connectivity index (χ3n) is 3.13. The minimum absolute atomic E-state index is 0.264. The smallest absolute Gasteiger partial charge is 0.324 e. The van der Waals surface area contributed by atoms with Crippen LogP contribution in [0.5, 0.6) is 0 Å². The van der Waals surface area contributed by atoms with E-state index in [0.29, 0.717) is 21.2 Å². The second-order valence-electron chi connectivity index (χ2n) is 4.63. The van der Waals surface area contributed by atoms with E-state index >= 15 is 0 Å². The maximum absolute atomic E-state index is 12.7. The van der Waals surface area contributed by atoms with Crippen molar-refractivity contribution >= 4 is 23.2 Å². The summed E-state index contributed by atoms with van der Waals surface area (Å²) in [6.07, 6.45) is -4.13. The average molecular weight is 334 g/mol. The Bertz CT molecular complexity index is 621. The molecule has 0 amide bonds. The fourth-order valence-corrected chi connectivity index (χ4v) is 2.56. The fraction of sp³-hybridized carbons (Fsp3) is 0.200. The van der Waals surface area contributed by atoms with E-state index in [1.165, 1.54) is 6.07 Å². The van der Waals surface area contributed by atoms with Crippen molar-refractivity contribution in [2.24, 2.45) is 5.73 Å². The molecule has 6 heteroatoms. The molecule has 0 spiro atoms. The lowest BCUT2D eigenvalue weighted by Gasteiger charge is -2.16. The highest BCUT2D eigenvalue weighted by molar-refractivity contribution is 6.36. The van der Waals surface area contributed by atoms with Crippen molar-refractivity contribution in [1.29, 1.82) is 0 Å². The van der Waals surface area contributed by atoms with Gasteiger partial charge in [0.25, 0.3) is 0 Å². The van der Waals surface area contributed by atoms with Gasteiger partial charge in [-0.15, -0.1) is 0 Å². The van der Waals surface area contributed by atoms with Gasteiger partial charge in [-0.3, -0.25) is 0 Å². The van der Waals surface area contributed by atoms with E-state index in [1.54, 1.807) is 24.3 Å². The van der Waals surface area contributed by atoms with Crippen molar-refractivity contribution in [3.63, 3.8) is 0 Å². The van der Waals surface area contributed by atoms with Crippen LogP contribution in [0.25, 0.3) is 0 Å². The Balaban J connectivity index is 2.27. The number of halogens is 5. The van der Waals surface area contributed by atoms with Crippen LogP contribution in [-0.2, 0) is 12.6 Å². The van der Waals surface area contributed by atoms with Gasteiger partial charge in [0.05, 0.1) is 5.56 Å². The monoisotopic (exact) mass is 333 g/mol. The van der Waals surface area contributed by atoms with Gasteiger partial charge in [-0.25, -0.2) is 0 Å². The van der Waals surface area contributed by atoms with E-state index in [0.717, 1.165) is 12.1 Å². The van der Waals surface area contributed by atoms with Crippen LogP contribution >= 0.6 is 23.2 Å². The Morgan fingerprint density at radius 3 is 2.14 bits per heavy atom. The van der Waals surface area contributed by atoms with Crippen molar-refractivity contribution in [1.82, 2.24) is 0 Å². The van der Waals surface area contributed by atoms with Crippen molar-refractivity contribution in [2.75, 3.05) is 0 Å². The minimum Gasteiger partial charge on any atom is -0.324 e. The zero-order valence-corrected chi connectivity index (χ0v) is 12.3. The average Bonchev–Trinajstić information content (AvgIpc) is 2.42. The Morgan fingerprint density at radius 1 is 1.00 bits per heavy atom. The number of hydrogen-bond donors (Lipinski definition) is 1. The lowest BCUT2D eigenvalue weighted by molar-refractivity contribution is -0.137. The molecule has 0 saturated heterocycles. The summed E-state index contributed by atoms with van der Waals surface area (Å²) >= 11 is 12.1. The molecular formula is C15H12Cl2F3N. The molecule has 1 atom stereocenters. The first kappa shape index (κ1) is 16.1. The number of rotatable bonds is 3. The standard InChI is InChI=1S/C15H12Cl2F3N/c16-12-5-2-6-13(17)11(12)8-14(21)9-3-1-4-10(7-9)15(18,19)20/h1-7,14H,8,21H2. The predicted molar refractivity (Wildman–Crippen MR) is 78.5 cm³/mol. The molecule has 0 aliphatic rings. The molecule has 2 aromatic rings. The summed E-state index contributed by atoms with van der Waals surface area (Å²) in [5.41, 5.74) is 6.29. The van der Waals surface area contributed by atoms with E-state index in [9.17, 15) is 13.2 Å². The molecule has 0 saturated carbocycles. The first-order chi connectivity index (χ1) is 9.79. The van der Waals surface area contributed by atoms with E-state index in [4.69, 9.17) is 28.9 Å². The first-order valence-electron chi connectivity index (χ1n) is 6.14. The second kappa shape index (κ2) is 6.26. The Morgan fingerprint density at radius 2 is 1.57 bits per heavy atom. The van der Waals surface area contributed by atoms with Crippen LogP contribution < -0.4 is 5.73 Å². The third-order valence-corrected chi connectivity index (χ3v) is 3.84. The zero-order chi connectivity index (χ0) is 15.6. The molecule has 0 aliphatic carbocycles. The predicted octanol–water partition coefficient (Wildman–Crippen LogP) is 5.25. The molecule has 21 heavy (non-hydrogen) atoms. The van der Waals surface area contributed by atoms with Gasteiger partial charge in [-0.1, -0.05) is 41.4 Å². The molecule has 2 aromatic carbocycles. The topological polar surface area (TPSA) is 26.0 Å². The van der Waals surface area contributed by atoms with Gasteiger partial charge in [0, 0.05) is 16.1 Å². The van der Waals surface area contributed by atoms with Crippen LogP contribution in [0.3, 0.4) is 0 Å². The molecule has 2 N–H and O–H groups in total. The maximum Gasteiger partial charge on any atom is 0.416 e. The molecule has 2 rings (SSSR count). The second-order valence-corrected chi connectivity index (χ2v) is 5.45. The summed E-state index contributed by atoms with van der Waals surface area (Å²) in [6, 6.07) is 9.38. The van der Waals surface area contributed by atoms with Crippen molar-refractivity contribution in [3.05, 3.63) is 69.2 Å². The molecule has 0 bridgehead atoms. The van der Waals surface area contributed by atoms with Gasteiger partial charge in [0.15, 0.2) is 0 Å². The number of benzene rings is 2. The SMILES string of the molecule is NC(Cc1c(Cl)cccc1Cl)c1cccc(C(F)(F)F)c1. The summed E-state index contributed by atoms with van der Waals surface area (Å²) in [6.45, 7) is 0. The molecule has 1 nitrogen and oxygen atoms in total. The van der Waals surface area contributed by atoms with Gasteiger partial charge < -0.3 is 5.73 Å². The minimum atomic E-state index is -4.39. The van der Waals surface area contributed by atoms with Crippen molar-refractivity contribution < 1.29 is 13.2 Å².